The Hall–Kier alpha value is -5.29. The Morgan fingerprint density at radius 3 is 1.91 bits per heavy atom. The summed E-state index contributed by atoms with van der Waals surface area (Å²) in [5.74, 6) is -1.63. The monoisotopic (exact) mass is 789 g/mol. The highest BCUT2D eigenvalue weighted by Crippen LogP contribution is 2.47. The molecule has 2 N–H and O–H groups in total. The minimum Gasteiger partial charge on any atom is -0.484 e. The molecule has 3 aromatic carbocycles. The van der Waals surface area contributed by atoms with Crippen LogP contribution in [0.4, 0.5) is 5.69 Å². The maximum atomic E-state index is 14.3. The van der Waals surface area contributed by atoms with Gasteiger partial charge in [0.2, 0.25) is 5.91 Å². The molecule has 15 nitrogen and oxygen atoms in total. The third-order valence-corrected chi connectivity index (χ3v) is 13.4. The zero-order valence-electron chi connectivity index (χ0n) is 29.8. The number of benzene rings is 3. The molecule has 17 heteroatoms. The van der Waals surface area contributed by atoms with E-state index >= 15 is 0 Å². The highest BCUT2D eigenvalue weighted by atomic mass is 32.2. The van der Waals surface area contributed by atoms with Crippen LogP contribution in [-0.2, 0) is 35.1 Å². The fraction of sp³-hybridized carbons (Fsp3) is 0.395. The predicted molar refractivity (Wildman–Crippen MR) is 202 cm³/mol. The van der Waals surface area contributed by atoms with E-state index in [1.54, 1.807) is 60.7 Å². The molecule has 55 heavy (non-hydrogen) atoms. The number of non-ortho nitro benzene ring substituents is 1. The van der Waals surface area contributed by atoms with Crippen molar-refractivity contribution in [2.45, 2.75) is 60.6 Å². The van der Waals surface area contributed by atoms with Gasteiger partial charge in [0.05, 0.1) is 4.92 Å². The first-order valence-corrected chi connectivity index (χ1v) is 19.8. The van der Waals surface area contributed by atoms with Gasteiger partial charge in [0, 0.05) is 29.1 Å². The fourth-order valence-electron chi connectivity index (χ4n) is 7.16. The molecule has 0 saturated carbocycles. The molecule has 7 unspecified atom stereocenters. The van der Waals surface area contributed by atoms with Crippen LogP contribution >= 0.6 is 23.5 Å². The standard InChI is InChI=1S/C38H39N5O10S2/c1-21-20-54-36-30(39-28(44)18-51-25-9-5-3-6-10-25)34(47)42(36)35(21)53-38(48)32-22(2)27(17-23-13-15-24(16-14-23)43(49)50)55-37-31(33(46)41(32)37)40-29(45)19-52-26-11-7-4-8-12-26/h3-16,21-22,27,30-32,35-37H,17-20H2,1-2H3,(H,39,44)(H,40,45)/t21?,22?,27?,30?,31?,32?,35?,36-,37-/m1/s1. The maximum absolute atomic E-state index is 14.3. The highest BCUT2D eigenvalue weighted by molar-refractivity contribution is 8.00. The minimum atomic E-state index is -1.04. The Morgan fingerprint density at radius 2 is 1.35 bits per heavy atom. The number of hydrogen-bond donors (Lipinski definition) is 2. The van der Waals surface area contributed by atoms with E-state index in [0.717, 1.165) is 5.56 Å². The lowest BCUT2D eigenvalue weighted by molar-refractivity contribution is -0.384. The summed E-state index contributed by atoms with van der Waals surface area (Å²) < 4.78 is 17.2. The molecule has 9 atom stereocenters. The zero-order chi connectivity index (χ0) is 38.8. The van der Waals surface area contributed by atoms with E-state index in [4.69, 9.17) is 14.2 Å². The fourth-order valence-corrected chi connectivity index (χ4v) is 10.3. The van der Waals surface area contributed by atoms with Crippen molar-refractivity contribution in [3.05, 3.63) is 101 Å². The maximum Gasteiger partial charge on any atom is 0.331 e. The summed E-state index contributed by atoms with van der Waals surface area (Å²) in [6.45, 7) is 3.12. The number of fused-ring (bicyclic) bond motifs is 2. The van der Waals surface area contributed by atoms with E-state index < -0.39 is 75.5 Å². The van der Waals surface area contributed by atoms with Gasteiger partial charge >= 0.3 is 5.97 Å². The summed E-state index contributed by atoms with van der Waals surface area (Å²) in [5.41, 5.74) is 0.749. The van der Waals surface area contributed by atoms with Crippen LogP contribution in [-0.4, -0.2) is 104 Å². The number of esters is 1. The minimum absolute atomic E-state index is 0.0493. The first kappa shape index (κ1) is 38.0. The largest absolute Gasteiger partial charge is 0.484 e. The molecule has 0 radical (unpaired) electrons. The zero-order valence-corrected chi connectivity index (χ0v) is 31.5. The average molecular weight is 790 g/mol. The number of thioether (sulfide) groups is 2. The molecule has 0 aromatic heterocycles. The Balaban J connectivity index is 1.04. The first-order valence-electron chi connectivity index (χ1n) is 17.8. The van der Waals surface area contributed by atoms with Crippen molar-refractivity contribution in [2.24, 2.45) is 11.8 Å². The number of carbonyl (C=O) groups excluding carboxylic acids is 5. The number of nitro groups is 1. The van der Waals surface area contributed by atoms with Crippen molar-refractivity contribution in [1.82, 2.24) is 20.4 Å². The van der Waals surface area contributed by atoms with Crippen molar-refractivity contribution < 1.29 is 43.1 Å². The SMILES string of the molecule is CC1CS[C@@H]2C(NC(=O)COc3ccccc3)C(=O)N2C1OC(=O)C1C(C)C(Cc2ccc([N+](=O)[O-])cc2)S[C@@H]2C(NC(=O)COc3ccccc3)C(=O)N12. The molecule has 4 aliphatic rings. The van der Waals surface area contributed by atoms with Crippen molar-refractivity contribution in [3.8, 4) is 11.5 Å². The lowest BCUT2D eigenvalue weighted by Crippen LogP contribution is -2.78. The number of nitro benzene ring substituents is 1. The van der Waals surface area contributed by atoms with Gasteiger partial charge in [-0.3, -0.25) is 34.2 Å². The molecule has 4 fully saturated rings. The summed E-state index contributed by atoms with van der Waals surface area (Å²) >= 11 is 2.92. The third-order valence-electron chi connectivity index (χ3n) is 10.1. The van der Waals surface area contributed by atoms with Crippen LogP contribution in [0.3, 0.4) is 0 Å². The number of carbonyl (C=O) groups is 5. The second kappa shape index (κ2) is 16.2. The summed E-state index contributed by atoms with van der Waals surface area (Å²) in [6, 6.07) is 21.0. The molecule has 4 heterocycles. The van der Waals surface area contributed by atoms with E-state index in [9.17, 15) is 34.1 Å². The molecule has 0 bridgehead atoms. The topological polar surface area (TPSA) is 187 Å². The summed E-state index contributed by atoms with van der Waals surface area (Å²) in [6.07, 6.45) is -0.516. The molecule has 3 aromatic rings. The molecule has 0 aliphatic carbocycles. The number of nitrogens with one attached hydrogen (secondary N) is 2. The smallest absolute Gasteiger partial charge is 0.331 e. The predicted octanol–water partition coefficient (Wildman–Crippen LogP) is 2.97. The van der Waals surface area contributed by atoms with Gasteiger partial charge in [-0.1, -0.05) is 62.4 Å². The normalized spacial score (nSPS) is 28.0. The Bertz CT molecular complexity index is 1940. The van der Waals surface area contributed by atoms with Crippen LogP contribution < -0.4 is 20.1 Å². The number of amides is 4. The highest BCUT2D eigenvalue weighted by Gasteiger charge is 2.61. The number of hydrogen-bond acceptors (Lipinski definition) is 12. The van der Waals surface area contributed by atoms with E-state index in [1.165, 1.54) is 45.5 Å². The lowest BCUT2D eigenvalue weighted by atomic mass is 9.88. The number of para-hydroxylation sites is 2. The number of rotatable bonds is 13. The third kappa shape index (κ3) is 7.94. The van der Waals surface area contributed by atoms with E-state index in [0.29, 0.717) is 23.7 Å². The van der Waals surface area contributed by atoms with Crippen molar-refractivity contribution >= 4 is 58.8 Å². The second-order valence-corrected chi connectivity index (χ2v) is 16.3. The van der Waals surface area contributed by atoms with Crippen LogP contribution in [0, 0.1) is 22.0 Å². The van der Waals surface area contributed by atoms with Gasteiger partial charge in [-0.25, -0.2) is 4.79 Å². The molecule has 4 aliphatic heterocycles. The lowest BCUT2D eigenvalue weighted by Gasteiger charge is -2.57. The Morgan fingerprint density at radius 1 is 0.800 bits per heavy atom. The molecule has 288 valence electrons. The number of ether oxygens (including phenoxy) is 3. The average Bonchev–Trinajstić information content (AvgIpc) is 3.19. The number of β-lactam (4-membered cyclic amide) rings is 2. The molecule has 4 amide bonds. The Labute approximate surface area is 324 Å². The van der Waals surface area contributed by atoms with Crippen LogP contribution in [0.1, 0.15) is 19.4 Å². The molecular formula is C38H39N5O10S2. The molecule has 7 rings (SSSR count). The first-order chi connectivity index (χ1) is 26.5. The van der Waals surface area contributed by atoms with Gasteiger partial charge in [-0.2, -0.15) is 0 Å². The van der Waals surface area contributed by atoms with Crippen molar-refractivity contribution in [3.63, 3.8) is 0 Å². The Kier molecular flexibility index (Phi) is 11.2. The van der Waals surface area contributed by atoms with Gasteiger partial charge in [-0.05, 0) is 42.2 Å². The van der Waals surface area contributed by atoms with Gasteiger partial charge in [-0.15, -0.1) is 23.5 Å². The van der Waals surface area contributed by atoms with Crippen LogP contribution in [0.5, 0.6) is 11.5 Å². The molecule has 0 spiro atoms. The summed E-state index contributed by atoms with van der Waals surface area (Å²) in [4.78, 5) is 80.8. The second-order valence-electron chi connectivity index (χ2n) is 13.8. The van der Waals surface area contributed by atoms with Gasteiger partial charge in [0.25, 0.3) is 23.4 Å². The van der Waals surface area contributed by atoms with Gasteiger partial charge < -0.3 is 29.7 Å². The molecule has 4 saturated heterocycles. The van der Waals surface area contributed by atoms with Crippen LogP contribution in [0.25, 0.3) is 0 Å². The molecular weight excluding hydrogens is 751 g/mol. The summed E-state index contributed by atoms with van der Waals surface area (Å²) in [7, 11) is 0. The quantitative estimate of drug-likeness (QED) is 0.112. The van der Waals surface area contributed by atoms with Crippen LogP contribution in [0.15, 0.2) is 84.9 Å². The van der Waals surface area contributed by atoms with Gasteiger partial charge in [0.15, 0.2) is 19.4 Å². The van der Waals surface area contributed by atoms with E-state index in [-0.39, 0.29) is 30.1 Å². The van der Waals surface area contributed by atoms with Crippen LogP contribution in [0.2, 0.25) is 0 Å². The van der Waals surface area contributed by atoms with Gasteiger partial charge in [0.1, 0.15) is 40.4 Å². The number of nitrogens with zero attached hydrogens (tertiary/aromatic N) is 3. The van der Waals surface area contributed by atoms with Crippen molar-refractivity contribution in [1.29, 1.82) is 0 Å². The van der Waals surface area contributed by atoms with Crippen molar-refractivity contribution in [2.75, 3.05) is 19.0 Å². The summed E-state index contributed by atoms with van der Waals surface area (Å²) in [5, 5.41) is 15.4. The van der Waals surface area contributed by atoms with E-state index in [2.05, 4.69) is 10.6 Å². The van der Waals surface area contributed by atoms with E-state index in [1.807, 2.05) is 26.0 Å².